The molecule has 0 spiro atoms. The molecule has 0 amide bonds. The molecule has 5 aromatic rings. The number of aryl methyl sites for hydroxylation is 1. The zero-order valence-corrected chi connectivity index (χ0v) is 14.9. The Morgan fingerprint density at radius 3 is 2.74 bits per heavy atom. The number of benzene rings is 2. The number of imidazole rings is 1. The van der Waals surface area contributed by atoms with E-state index in [0.717, 1.165) is 22.1 Å². The third-order valence-corrected chi connectivity index (χ3v) is 4.79. The van der Waals surface area contributed by atoms with Crippen molar-refractivity contribution in [2.24, 2.45) is 0 Å². The van der Waals surface area contributed by atoms with Gasteiger partial charge in [-0.15, -0.1) is 0 Å². The molecule has 6 nitrogen and oxygen atoms in total. The van der Waals surface area contributed by atoms with Gasteiger partial charge in [0.25, 0.3) is 5.56 Å². The van der Waals surface area contributed by atoms with Crippen LogP contribution in [0.1, 0.15) is 5.56 Å². The molecule has 0 aliphatic carbocycles. The molecule has 0 atom stereocenters. The Kier molecular flexibility index (Phi) is 3.27. The zero-order chi connectivity index (χ0) is 18.5. The monoisotopic (exact) mass is 356 g/mol. The molecular formula is C21H16N4O2. The molecule has 132 valence electrons. The van der Waals surface area contributed by atoms with Crippen LogP contribution < -0.4 is 10.3 Å². The minimum absolute atomic E-state index is 0.149. The highest BCUT2D eigenvalue weighted by atomic mass is 16.5. The summed E-state index contributed by atoms with van der Waals surface area (Å²) >= 11 is 0. The van der Waals surface area contributed by atoms with E-state index in [-0.39, 0.29) is 5.56 Å². The Hall–Kier alpha value is -3.67. The lowest BCUT2D eigenvalue weighted by molar-refractivity contribution is 0.412. The van der Waals surface area contributed by atoms with E-state index in [1.807, 2.05) is 59.9 Å². The van der Waals surface area contributed by atoms with Gasteiger partial charge in [0.1, 0.15) is 5.75 Å². The van der Waals surface area contributed by atoms with Crippen LogP contribution in [0, 0.1) is 6.92 Å². The van der Waals surface area contributed by atoms with Gasteiger partial charge in [0.15, 0.2) is 0 Å². The maximum atomic E-state index is 13.2. The van der Waals surface area contributed by atoms with Crippen LogP contribution in [0.4, 0.5) is 0 Å². The molecule has 0 N–H and O–H groups in total. The van der Waals surface area contributed by atoms with E-state index in [0.29, 0.717) is 22.6 Å². The first kappa shape index (κ1) is 15.6. The standard InChI is InChI=1S/C21H16N4O2/c1-13-7-8-19(27-2)18(11-13)24-10-9-16-14(20(24)26)12-22-21-23-15-5-3-4-6-17(15)25(16)21/h3-12H,1-2H3. The number of hydrogen-bond donors (Lipinski definition) is 0. The lowest BCUT2D eigenvalue weighted by Gasteiger charge is -2.13. The Balaban J connectivity index is 1.87. The topological polar surface area (TPSA) is 61.4 Å². The van der Waals surface area contributed by atoms with Crippen molar-refractivity contribution in [3.63, 3.8) is 0 Å². The number of aromatic nitrogens is 4. The number of para-hydroxylation sites is 2. The van der Waals surface area contributed by atoms with Crippen LogP contribution in [-0.4, -0.2) is 26.0 Å². The summed E-state index contributed by atoms with van der Waals surface area (Å²) in [5.74, 6) is 1.22. The Labute approximate surface area is 154 Å². The third kappa shape index (κ3) is 2.23. The number of methoxy groups -OCH3 is 1. The van der Waals surface area contributed by atoms with Crippen LogP contribution in [0.15, 0.2) is 65.7 Å². The molecule has 2 aromatic carbocycles. The maximum absolute atomic E-state index is 13.2. The molecule has 0 fully saturated rings. The zero-order valence-electron chi connectivity index (χ0n) is 14.9. The average molecular weight is 356 g/mol. The van der Waals surface area contributed by atoms with Gasteiger partial charge in [-0.25, -0.2) is 9.97 Å². The fraction of sp³-hybridized carbons (Fsp3) is 0.0952. The molecule has 0 bridgehead atoms. The summed E-state index contributed by atoms with van der Waals surface area (Å²) in [5.41, 5.74) is 4.16. The van der Waals surface area contributed by atoms with E-state index in [1.54, 1.807) is 24.1 Å². The van der Waals surface area contributed by atoms with Crippen LogP contribution in [0.5, 0.6) is 5.75 Å². The number of hydrogen-bond acceptors (Lipinski definition) is 4. The van der Waals surface area contributed by atoms with Crippen molar-refractivity contribution in [2.45, 2.75) is 6.92 Å². The molecular weight excluding hydrogens is 340 g/mol. The molecule has 3 heterocycles. The van der Waals surface area contributed by atoms with E-state index in [1.165, 1.54) is 0 Å². The van der Waals surface area contributed by atoms with Crippen molar-refractivity contribution in [1.82, 2.24) is 18.9 Å². The molecule has 0 unspecified atom stereocenters. The average Bonchev–Trinajstić information content (AvgIpc) is 3.07. The summed E-state index contributed by atoms with van der Waals surface area (Å²) in [7, 11) is 1.60. The lowest BCUT2D eigenvalue weighted by atomic mass is 10.2. The van der Waals surface area contributed by atoms with Crippen molar-refractivity contribution < 1.29 is 4.74 Å². The Morgan fingerprint density at radius 1 is 1.04 bits per heavy atom. The van der Waals surface area contributed by atoms with Gasteiger partial charge < -0.3 is 4.74 Å². The number of fused-ring (bicyclic) bond motifs is 5. The minimum atomic E-state index is -0.149. The molecule has 0 saturated carbocycles. The van der Waals surface area contributed by atoms with Crippen LogP contribution in [-0.2, 0) is 0 Å². The summed E-state index contributed by atoms with van der Waals surface area (Å²) in [6.07, 6.45) is 3.37. The molecule has 0 aliphatic rings. The van der Waals surface area contributed by atoms with Gasteiger partial charge in [-0.2, -0.15) is 0 Å². The highest BCUT2D eigenvalue weighted by Gasteiger charge is 2.14. The van der Waals surface area contributed by atoms with Gasteiger partial charge in [-0.05, 0) is 42.8 Å². The summed E-state index contributed by atoms with van der Waals surface area (Å²) in [5, 5.41) is 0.525. The van der Waals surface area contributed by atoms with Crippen LogP contribution in [0.25, 0.3) is 33.4 Å². The van der Waals surface area contributed by atoms with E-state index in [9.17, 15) is 4.79 Å². The van der Waals surface area contributed by atoms with Crippen molar-refractivity contribution in [3.05, 3.63) is 76.8 Å². The van der Waals surface area contributed by atoms with Gasteiger partial charge in [-0.3, -0.25) is 13.8 Å². The van der Waals surface area contributed by atoms with Crippen molar-refractivity contribution >= 4 is 27.7 Å². The normalized spacial score (nSPS) is 11.5. The van der Waals surface area contributed by atoms with E-state index < -0.39 is 0 Å². The SMILES string of the molecule is COc1ccc(C)cc1-n1ccc2c(cnc3nc4ccccc4n32)c1=O. The first-order valence-electron chi connectivity index (χ1n) is 8.60. The van der Waals surface area contributed by atoms with Crippen LogP contribution >= 0.6 is 0 Å². The van der Waals surface area contributed by atoms with Gasteiger partial charge in [0.05, 0.1) is 34.7 Å². The predicted molar refractivity (Wildman–Crippen MR) is 105 cm³/mol. The molecule has 3 aromatic heterocycles. The molecule has 0 aliphatic heterocycles. The Morgan fingerprint density at radius 2 is 1.89 bits per heavy atom. The fourth-order valence-electron chi connectivity index (χ4n) is 3.50. The summed E-state index contributed by atoms with van der Waals surface area (Å²) in [4.78, 5) is 22.2. The van der Waals surface area contributed by atoms with Crippen molar-refractivity contribution in [3.8, 4) is 11.4 Å². The molecule has 0 radical (unpaired) electrons. The van der Waals surface area contributed by atoms with Gasteiger partial charge in [0.2, 0.25) is 5.78 Å². The third-order valence-electron chi connectivity index (χ3n) is 4.79. The molecule has 0 saturated heterocycles. The molecule has 6 heteroatoms. The first-order valence-corrected chi connectivity index (χ1v) is 8.60. The largest absolute Gasteiger partial charge is 0.495 e. The molecule has 5 rings (SSSR count). The van der Waals surface area contributed by atoms with Gasteiger partial charge >= 0.3 is 0 Å². The predicted octanol–water partition coefficient (Wildman–Crippen LogP) is 3.50. The second-order valence-electron chi connectivity index (χ2n) is 6.46. The van der Waals surface area contributed by atoms with Gasteiger partial charge in [-0.1, -0.05) is 18.2 Å². The summed E-state index contributed by atoms with van der Waals surface area (Å²) in [6, 6.07) is 15.5. The van der Waals surface area contributed by atoms with Crippen LogP contribution in [0.3, 0.4) is 0 Å². The second kappa shape index (κ2) is 5.67. The smallest absolute Gasteiger partial charge is 0.266 e. The first-order chi connectivity index (χ1) is 13.2. The lowest BCUT2D eigenvalue weighted by Crippen LogP contribution is -2.19. The number of rotatable bonds is 2. The number of ether oxygens (including phenoxy) is 1. The van der Waals surface area contributed by atoms with Crippen LogP contribution in [0.2, 0.25) is 0 Å². The quantitative estimate of drug-likeness (QED) is 0.486. The van der Waals surface area contributed by atoms with E-state index in [4.69, 9.17) is 4.74 Å². The van der Waals surface area contributed by atoms with E-state index in [2.05, 4.69) is 9.97 Å². The summed E-state index contributed by atoms with van der Waals surface area (Å²) < 4.78 is 8.97. The molecule has 27 heavy (non-hydrogen) atoms. The maximum Gasteiger partial charge on any atom is 0.266 e. The number of nitrogens with zero attached hydrogens (tertiary/aromatic N) is 4. The van der Waals surface area contributed by atoms with E-state index >= 15 is 0 Å². The second-order valence-corrected chi connectivity index (χ2v) is 6.46. The summed E-state index contributed by atoms with van der Waals surface area (Å²) in [6.45, 7) is 1.98. The minimum Gasteiger partial charge on any atom is -0.495 e. The highest BCUT2D eigenvalue weighted by Crippen LogP contribution is 2.25. The highest BCUT2D eigenvalue weighted by molar-refractivity contribution is 5.88. The van der Waals surface area contributed by atoms with Crippen molar-refractivity contribution in [1.29, 1.82) is 0 Å². The fourth-order valence-corrected chi connectivity index (χ4v) is 3.50. The Bertz CT molecular complexity index is 1400. The van der Waals surface area contributed by atoms with Gasteiger partial charge in [0, 0.05) is 12.4 Å². The van der Waals surface area contributed by atoms with Crippen molar-refractivity contribution in [2.75, 3.05) is 7.11 Å². The number of pyridine rings is 1.